The van der Waals surface area contributed by atoms with Crippen LogP contribution in [0.2, 0.25) is 0 Å². The van der Waals surface area contributed by atoms with Crippen molar-refractivity contribution in [1.82, 2.24) is 0 Å². The maximum absolute atomic E-state index is 12.9. The van der Waals surface area contributed by atoms with Crippen molar-refractivity contribution < 1.29 is 26.3 Å². The fourth-order valence-electron chi connectivity index (χ4n) is 4.51. The Kier molecular flexibility index (Phi) is 7.24. The van der Waals surface area contributed by atoms with Crippen LogP contribution in [0.1, 0.15) is 43.7 Å². The minimum absolute atomic E-state index is 0. The van der Waals surface area contributed by atoms with Gasteiger partial charge in [-0.2, -0.15) is 0 Å². The average molecular weight is 431 g/mol. The summed E-state index contributed by atoms with van der Waals surface area (Å²) in [5.41, 5.74) is 7.30. The first-order chi connectivity index (χ1) is 12.5. The topological polar surface area (TPSA) is 43.1 Å². The second-order valence-corrected chi connectivity index (χ2v) is 8.02. The van der Waals surface area contributed by atoms with Crippen LogP contribution in [-0.4, -0.2) is 36.6 Å². The van der Waals surface area contributed by atoms with Gasteiger partial charge >= 0.3 is 0 Å². The Morgan fingerprint density at radius 1 is 1.04 bits per heavy atom. The second-order valence-electron chi connectivity index (χ2n) is 8.02. The molecule has 2 atom stereocenters. The number of rotatable bonds is 6. The maximum atomic E-state index is 12.9. The number of amides is 1. The van der Waals surface area contributed by atoms with E-state index in [4.69, 9.17) is 5.73 Å². The lowest BCUT2D eigenvalue weighted by molar-refractivity contribution is -0.936. The van der Waals surface area contributed by atoms with E-state index in [1.807, 2.05) is 60.7 Å². The molecule has 0 bridgehead atoms. The number of nitrogens with zero attached hydrogens (tertiary/aromatic N) is 1. The van der Waals surface area contributed by atoms with Gasteiger partial charge in [-0.3, -0.25) is 4.79 Å². The number of halogens is 1. The molecular formula is C23H31BrN2O. The molecule has 1 heterocycles. The first-order valence-electron chi connectivity index (χ1n) is 9.74. The van der Waals surface area contributed by atoms with Crippen LogP contribution in [0.25, 0.3) is 0 Å². The van der Waals surface area contributed by atoms with Crippen molar-refractivity contribution in [2.24, 2.45) is 5.73 Å². The second kappa shape index (κ2) is 9.03. The summed E-state index contributed by atoms with van der Waals surface area (Å²) >= 11 is 0. The van der Waals surface area contributed by atoms with Gasteiger partial charge in [-0.25, -0.2) is 0 Å². The Morgan fingerprint density at radius 2 is 1.56 bits per heavy atom. The number of likely N-dealkylation sites (tertiary alicyclic amines) is 1. The van der Waals surface area contributed by atoms with E-state index in [1.54, 1.807) is 0 Å². The molecule has 3 rings (SSSR count). The summed E-state index contributed by atoms with van der Waals surface area (Å²) in [6.07, 6.45) is 4.57. The molecule has 27 heavy (non-hydrogen) atoms. The van der Waals surface area contributed by atoms with E-state index >= 15 is 0 Å². The van der Waals surface area contributed by atoms with E-state index in [0.29, 0.717) is 6.04 Å². The van der Waals surface area contributed by atoms with Gasteiger partial charge in [0, 0.05) is 6.42 Å². The molecule has 2 N–H and O–H groups in total. The Bertz CT molecular complexity index is 695. The number of carbonyl (C=O) groups excluding carboxylic acids is 1. The zero-order valence-electron chi connectivity index (χ0n) is 16.4. The molecule has 0 aliphatic carbocycles. The number of carbonyl (C=O) groups is 1. The van der Waals surface area contributed by atoms with E-state index in [1.165, 1.54) is 25.8 Å². The number of piperidine rings is 1. The van der Waals surface area contributed by atoms with Crippen LogP contribution in [0.4, 0.5) is 0 Å². The fourth-order valence-corrected chi connectivity index (χ4v) is 4.51. The molecule has 1 aliphatic rings. The Labute approximate surface area is 173 Å². The van der Waals surface area contributed by atoms with Crippen molar-refractivity contribution in [2.45, 2.75) is 44.1 Å². The zero-order chi connectivity index (χ0) is 18.6. The van der Waals surface area contributed by atoms with Crippen LogP contribution in [0.15, 0.2) is 60.7 Å². The molecule has 3 nitrogen and oxygen atoms in total. The highest BCUT2D eigenvalue weighted by Gasteiger charge is 2.43. The molecule has 1 fully saturated rings. The summed E-state index contributed by atoms with van der Waals surface area (Å²) in [5.74, 6) is -0.258. The summed E-state index contributed by atoms with van der Waals surface area (Å²) < 4.78 is 1.02. The Balaban J connectivity index is 0.00000261. The highest BCUT2D eigenvalue weighted by molar-refractivity contribution is 5.90. The SMILES string of the molecule is CC1CCCC[N+]1(C)CCC(C(N)=O)(c1ccccc1)c1ccccc1.[Br-]. The number of hydrogen-bond donors (Lipinski definition) is 1. The molecule has 2 unspecified atom stereocenters. The minimum Gasteiger partial charge on any atom is -1.00 e. The summed E-state index contributed by atoms with van der Waals surface area (Å²) in [5, 5.41) is 0. The van der Waals surface area contributed by atoms with Crippen LogP contribution < -0.4 is 22.7 Å². The molecule has 1 aliphatic heterocycles. The number of nitrogens with two attached hydrogens (primary N) is 1. The maximum Gasteiger partial charge on any atom is 0.232 e. The molecular weight excluding hydrogens is 400 g/mol. The van der Waals surface area contributed by atoms with Crippen molar-refractivity contribution in [3.63, 3.8) is 0 Å². The summed E-state index contributed by atoms with van der Waals surface area (Å²) in [6, 6.07) is 20.7. The molecule has 0 spiro atoms. The summed E-state index contributed by atoms with van der Waals surface area (Å²) in [7, 11) is 2.34. The summed E-state index contributed by atoms with van der Waals surface area (Å²) in [6.45, 7) is 4.48. The lowest BCUT2D eigenvalue weighted by Crippen LogP contribution is -3.00. The van der Waals surface area contributed by atoms with Gasteiger partial charge in [0.1, 0.15) is 5.41 Å². The highest BCUT2D eigenvalue weighted by Crippen LogP contribution is 2.37. The number of quaternary nitrogens is 1. The van der Waals surface area contributed by atoms with E-state index < -0.39 is 5.41 Å². The van der Waals surface area contributed by atoms with Crippen LogP contribution in [0.5, 0.6) is 0 Å². The van der Waals surface area contributed by atoms with Gasteiger partial charge in [0.2, 0.25) is 5.91 Å². The Morgan fingerprint density at radius 3 is 2.00 bits per heavy atom. The predicted molar refractivity (Wildman–Crippen MR) is 107 cm³/mol. The lowest BCUT2D eigenvalue weighted by Gasteiger charge is -2.45. The minimum atomic E-state index is -0.777. The fraction of sp³-hybridized carbons (Fsp3) is 0.435. The third-order valence-corrected chi connectivity index (χ3v) is 6.56. The third kappa shape index (κ3) is 4.27. The quantitative estimate of drug-likeness (QED) is 0.678. The predicted octanol–water partition coefficient (Wildman–Crippen LogP) is 0.871. The molecule has 2 aromatic carbocycles. The van der Waals surface area contributed by atoms with Crippen LogP contribution in [0, 0.1) is 0 Å². The Hall–Kier alpha value is -1.65. The standard InChI is InChI=1S/C23H30N2O.BrH/c1-19-11-9-10-17-25(19,2)18-16-23(22(24)26,20-12-5-3-6-13-20)21-14-7-4-8-15-21;/h3-8,12-15,19H,9-11,16-18H2,1-2H3,(H-,24,26);1H. The monoisotopic (exact) mass is 430 g/mol. The molecule has 0 aromatic heterocycles. The molecule has 146 valence electrons. The molecule has 1 amide bonds. The highest BCUT2D eigenvalue weighted by atomic mass is 79.9. The average Bonchev–Trinajstić information content (AvgIpc) is 2.66. The van der Waals surface area contributed by atoms with E-state index in [2.05, 4.69) is 14.0 Å². The smallest absolute Gasteiger partial charge is 0.232 e. The molecule has 0 saturated carbocycles. The van der Waals surface area contributed by atoms with Crippen molar-refractivity contribution in [3.05, 3.63) is 71.8 Å². The first kappa shape index (κ1) is 21.6. The van der Waals surface area contributed by atoms with Gasteiger partial charge < -0.3 is 27.2 Å². The first-order valence-corrected chi connectivity index (χ1v) is 9.74. The van der Waals surface area contributed by atoms with E-state index in [9.17, 15) is 4.79 Å². The normalized spacial score (nSPS) is 22.7. The van der Waals surface area contributed by atoms with E-state index in [-0.39, 0.29) is 22.9 Å². The van der Waals surface area contributed by atoms with E-state index in [0.717, 1.165) is 28.6 Å². The molecule has 2 aromatic rings. The van der Waals surface area contributed by atoms with Crippen molar-refractivity contribution in [1.29, 1.82) is 0 Å². The number of hydrogen-bond acceptors (Lipinski definition) is 1. The van der Waals surface area contributed by atoms with Crippen molar-refractivity contribution >= 4 is 5.91 Å². The molecule has 4 heteroatoms. The van der Waals surface area contributed by atoms with Crippen molar-refractivity contribution in [3.8, 4) is 0 Å². The lowest BCUT2D eigenvalue weighted by atomic mass is 9.71. The van der Waals surface area contributed by atoms with Gasteiger partial charge in [0.25, 0.3) is 0 Å². The van der Waals surface area contributed by atoms with Gasteiger partial charge in [0.05, 0.1) is 26.2 Å². The largest absolute Gasteiger partial charge is 1.00 e. The summed E-state index contributed by atoms with van der Waals surface area (Å²) in [4.78, 5) is 12.9. The van der Waals surface area contributed by atoms with Gasteiger partial charge in [0.15, 0.2) is 0 Å². The van der Waals surface area contributed by atoms with Gasteiger partial charge in [-0.15, -0.1) is 0 Å². The van der Waals surface area contributed by atoms with Crippen LogP contribution in [0.3, 0.4) is 0 Å². The van der Waals surface area contributed by atoms with Crippen molar-refractivity contribution in [2.75, 3.05) is 20.1 Å². The number of benzene rings is 2. The third-order valence-electron chi connectivity index (χ3n) is 6.56. The van der Waals surface area contributed by atoms with Crippen LogP contribution in [-0.2, 0) is 10.2 Å². The van der Waals surface area contributed by atoms with Gasteiger partial charge in [-0.05, 0) is 37.3 Å². The van der Waals surface area contributed by atoms with Gasteiger partial charge in [-0.1, -0.05) is 60.7 Å². The molecule has 1 saturated heterocycles. The number of primary amides is 1. The molecule has 0 radical (unpaired) electrons. The van der Waals surface area contributed by atoms with Crippen LogP contribution >= 0.6 is 0 Å². The zero-order valence-corrected chi connectivity index (χ0v) is 18.0.